The van der Waals surface area contributed by atoms with Crippen LogP contribution in [-0.4, -0.2) is 30.3 Å². The third kappa shape index (κ3) is 4.67. The standard InChI is InChI=1S/C15H16BrNO4/c16-11-7-5-10(6-8-11)15(20)17-9-14(19)21-13-4-2-1-3-12(13)18/h5-8,13H,1-4,9H2,(H,17,20)/t13-/m1/s1. The van der Waals surface area contributed by atoms with Gasteiger partial charge in [0, 0.05) is 16.5 Å². The van der Waals surface area contributed by atoms with E-state index in [0.29, 0.717) is 18.4 Å². The van der Waals surface area contributed by atoms with E-state index in [9.17, 15) is 14.4 Å². The van der Waals surface area contributed by atoms with Gasteiger partial charge in [0.05, 0.1) is 0 Å². The zero-order valence-corrected chi connectivity index (χ0v) is 13.0. The van der Waals surface area contributed by atoms with Gasteiger partial charge in [-0.05, 0) is 43.5 Å². The lowest BCUT2D eigenvalue weighted by Crippen LogP contribution is -2.36. The lowest BCUT2D eigenvalue weighted by Gasteiger charge is -2.20. The molecule has 1 saturated carbocycles. The van der Waals surface area contributed by atoms with Gasteiger partial charge in [0.15, 0.2) is 11.9 Å². The van der Waals surface area contributed by atoms with Crippen molar-refractivity contribution in [3.63, 3.8) is 0 Å². The number of hydrogen-bond acceptors (Lipinski definition) is 4. The molecule has 0 saturated heterocycles. The maximum atomic E-state index is 11.8. The topological polar surface area (TPSA) is 72.5 Å². The zero-order chi connectivity index (χ0) is 15.2. The summed E-state index contributed by atoms with van der Waals surface area (Å²) in [5, 5.41) is 2.48. The summed E-state index contributed by atoms with van der Waals surface area (Å²) in [6, 6.07) is 6.78. The van der Waals surface area contributed by atoms with E-state index >= 15 is 0 Å². The van der Waals surface area contributed by atoms with Crippen LogP contribution < -0.4 is 5.32 Å². The summed E-state index contributed by atoms with van der Waals surface area (Å²) in [6.45, 7) is -0.237. The Hall–Kier alpha value is -1.69. The second-order valence-corrected chi connectivity index (χ2v) is 5.80. The Balaban J connectivity index is 1.79. The van der Waals surface area contributed by atoms with E-state index in [1.165, 1.54) is 0 Å². The zero-order valence-electron chi connectivity index (χ0n) is 11.4. The van der Waals surface area contributed by atoms with Crippen molar-refractivity contribution in [2.75, 3.05) is 6.54 Å². The van der Waals surface area contributed by atoms with Crippen LogP contribution in [0.2, 0.25) is 0 Å². The van der Waals surface area contributed by atoms with E-state index in [4.69, 9.17) is 4.74 Å². The van der Waals surface area contributed by atoms with Gasteiger partial charge in [0.25, 0.3) is 5.91 Å². The molecule has 0 aromatic heterocycles. The molecule has 0 spiro atoms. The Labute approximate surface area is 131 Å². The molecule has 1 aliphatic carbocycles. The maximum Gasteiger partial charge on any atom is 0.326 e. The minimum absolute atomic E-state index is 0.0335. The highest BCUT2D eigenvalue weighted by atomic mass is 79.9. The van der Waals surface area contributed by atoms with E-state index in [1.54, 1.807) is 24.3 Å². The number of rotatable bonds is 4. The molecule has 6 heteroatoms. The summed E-state index contributed by atoms with van der Waals surface area (Å²) in [4.78, 5) is 35.0. The summed E-state index contributed by atoms with van der Waals surface area (Å²) in [6.07, 6.45) is 2.13. The Morgan fingerprint density at radius 2 is 1.95 bits per heavy atom. The van der Waals surface area contributed by atoms with Crippen LogP contribution in [0.5, 0.6) is 0 Å². The quantitative estimate of drug-likeness (QED) is 0.842. The van der Waals surface area contributed by atoms with Gasteiger partial charge < -0.3 is 10.1 Å². The SMILES string of the molecule is O=C(CNC(=O)c1ccc(Br)cc1)O[C@@H]1CCCCC1=O. The largest absolute Gasteiger partial charge is 0.453 e. The maximum absolute atomic E-state index is 11.8. The van der Waals surface area contributed by atoms with Crippen LogP contribution in [-0.2, 0) is 14.3 Å². The molecule has 0 heterocycles. The summed E-state index contributed by atoms with van der Waals surface area (Å²) < 4.78 is 5.97. The first-order valence-electron chi connectivity index (χ1n) is 6.82. The fourth-order valence-corrected chi connectivity index (χ4v) is 2.40. The molecule has 112 valence electrons. The Kier molecular flexibility index (Phi) is 5.50. The second kappa shape index (κ2) is 7.36. The summed E-state index contributed by atoms with van der Waals surface area (Å²) in [7, 11) is 0. The summed E-state index contributed by atoms with van der Waals surface area (Å²) >= 11 is 3.28. The first kappa shape index (κ1) is 15.7. The Morgan fingerprint density at radius 3 is 2.62 bits per heavy atom. The Morgan fingerprint density at radius 1 is 1.24 bits per heavy atom. The average molecular weight is 354 g/mol. The van der Waals surface area contributed by atoms with Gasteiger partial charge in [-0.25, -0.2) is 0 Å². The number of esters is 1. The molecule has 1 aliphatic rings. The number of halogens is 1. The molecule has 0 aliphatic heterocycles. The van der Waals surface area contributed by atoms with Crippen molar-refractivity contribution in [2.24, 2.45) is 0 Å². The summed E-state index contributed by atoms with van der Waals surface area (Å²) in [5.41, 5.74) is 0.458. The van der Waals surface area contributed by atoms with E-state index in [1.807, 2.05) is 0 Å². The highest BCUT2D eigenvalue weighted by Gasteiger charge is 2.25. The average Bonchev–Trinajstić information content (AvgIpc) is 2.48. The normalized spacial score (nSPS) is 18.1. The number of amides is 1. The van der Waals surface area contributed by atoms with Crippen molar-refractivity contribution in [3.05, 3.63) is 34.3 Å². The smallest absolute Gasteiger partial charge is 0.326 e. The van der Waals surface area contributed by atoms with Crippen molar-refractivity contribution in [3.8, 4) is 0 Å². The molecule has 1 N–H and O–H groups in total. The molecular formula is C15H16BrNO4. The first-order valence-corrected chi connectivity index (χ1v) is 7.61. The molecule has 5 nitrogen and oxygen atoms in total. The van der Waals surface area contributed by atoms with Gasteiger partial charge in [-0.15, -0.1) is 0 Å². The molecule has 0 unspecified atom stereocenters. The number of carbonyl (C=O) groups excluding carboxylic acids is 3. The number of nitrogens with one attached hydrogen (secondary N) is 1. The molecule has 1 aromatic carbocycles. The molecule has 1 aromatic rings. The van der Waals surface area contributed by atoms with Crippen LogP contribution >= 0.6 is 15.9 Å². The van der Waals surface area contributed by atoms with Crippen molar-refractivity contribution in [1.82, 2.24) is 5.32 Å². The van der Waals surface area contributed by atoms with Crippen LogP contribution in [0.1, 0.15) is 36.0 Å². The van der Waals surface area contributed by atoms with Crippen molar-refractivity contribution in [1.29, 1.82) is 0 Å². The minimum Gasteiger partial charge on any atom is -0.453 e. The van der Waals surface area contributed by atoms with Crippen molar-refractivity contribution >= 4 is 33.6 Å². The van der Waals surface area contributed by atoms with E-state index in [-0.39, 0.29) is 18.2 Å². The van der Waals surface area contributed by atoms with Crippen LogP contribution in [0.4, 0.5) is 0 Å². The number of carbonyl (C=O) groups is 3. The molecule has 2 rings (SSSR count). The Bertz CT molecular complexity index is 541. The fourth-order valence-electron chi connectivity index (χ4n) is 2.13. The minimum atomic E-state index is -0.643. The molecule has 0 bridgehead atoms. The molecular weight excluding hydrogens is 338 g/mol. The van der Waals surface area contributed by atoms with Gasteiger partial charge in [0.2, 0.25) is 0 Å². The van der Waals surface area contributed by atoms with Crippen LogP contribution in [0, 0.1) is 0 Å². The third-order valence-corrected chi connectivity index (χ3v) is 3.80. The highest BCUT2D eigenvalue weighted by molar-refractivity contribution is 9.10. The lowest BCUT2D eigenvalue weighted by molar-refractivity contribution is -0.155. The second-order valence-electron chi connectivity index (χ2n) is 4.88. The number of ether oxygens (including phenoxy) is 1. The van der Waals surface area contributed by atoms with Crippen molar-refractivity contribution in [2.45, 2.75) is 31.8 Å². The lowest BCUT2D eigenvalue weighted by atomic mass is 9.96. The number of ketones is 1. The number of benzene rings is 1. The van der Waals surface area contributed by atoms with Gasteiger partial charge in [-0.1, -0.05) is 15.9 Å². The van der Waals surface area contributed by atoms with Gasteiger partial charge in [-0.2, -0.15) is 0 Å². The van der Waals surface area contributed by atoms with Crippen molar-refractivity contribution < 1.29 is 19.1 Å². The molecule has 21 heavy (non-hydrogen) atoms. The third-order valence-electron chi connectivity index (χ3n) is 3.27. The summed E-state index contributed by atoms with van der Waals surface area (Å²) in [5.74, 6) is -0.969. The number of hydrogen-bond donors (Lipinski definition) is 1. The molecule has 0 radical (unpaired) electrons. The highest BCUT2D eigenvalue weighted by Crippen LogP contribution is 2.17. The first-order chi connectivity index (χ1) is 10.1. The fraction of sp³-hybridized carbons (Fsp3) is 0.400. The molecule has 1 atom stereocenters. The van der Waals surface area contributed by atoms with E-state index in [2.05, 4.69) is 21.2 Å². The van der Waals surface area contributed by atoms with Crippen LogP contribution in [0.15, 0.2) is 28.7 Å². The van der Waals surface area contributed by atoms with E-state index < -0.39 is 12.1 Å². The molecule has 1 fully saturated rings. The van der Waals surface area contributed by atoms with Crippen LogP contribution in [0.3, 0.4) is 0 Å². The monoisotopic (exact) mass is 353 g/mol. The molecule has 1 amide bonds. The van der Waals surface area contributed by atoms with E-state index in [0.717, 1.165) is 17.3 Å². The van der Waals surface area contributed by atoms with Gasteiger partial charge in [0.1, 0.15) is 6.54 Å². The number of Topliss-reactive ketones (excluding diaryl/α,β-unsaturated/α-hetero) is 1. The predicted octanol–water partition coefficient (Wildman–Crippen LogP) is 2.23. The van der Waals surface area contributed by atoms with Gasteiger partial charge >= 0.3 is 5.97 Å². The van der Waals surface area contributed by atoms with Gasteiger partial charge in [-0.3, -0.25) is 14.4 Å². The predicted molar refractivity (Wildman–Crippen MR) is 79.8 cm³/mol. The van der Waals surface area contributed by atoms with Crippen LogP contribution in [0.25, 0.3) is 0 Å².